The second-order valence-corrected chi connectivity index (χ2v) is 7.25. The number of carboxylic acid groups (broad SMARTS) is 1. The van der Waals surface area contributed by atoms with Crippen molar-refractivity contribution in [2.45, 2.75) is 51.1 Å². The average molecular weight is 313 g/mol. The van der Waals surface area contributed by atoms with Gasteiger partial charge < -0.3 is 5.11 Å². The first-order valence-electron chi connectivity index (χ1n) is 5.83. The number of carbonyl (C=O) groups is 1. The molecule has 0 aromatic carbocycles. The van der Waals surface area contributed by atoms with Crippen molar-refractivity contribution < 1.29 is 38.2 Å². The minimum absolute atomic E-state index is 0.833. The van der Waals surface area contributed by atoms with E-state index in [-0.39, 0.29) is 0 Å². The van der Waals surface area contributed by atoms with Gasteiger partial charge in [0.15, 0.2) is 0 Å². The van der Waals surface area contributed by atoms with Gasteiger partial charge in [0.2, 0.25) is 0 Å². The third-order valence-corrected chi connectivity index (χ3v) is 4.61. The van der Waals surface area contributed by atoms with Crippen LogP contribution in [-0.4, -0.2) is 24.3 Å². The van der Waals surface area contributed by atoms with E-state index in [0.717, 1.165) is 20.1 Å². The fraction of sp³-hybridized carbons (Fsp3) is 0.909. The summed E-state index contributed by atoms with van der Waals surface area (Å²) in [6, 6.07) is 0. The van der Waals surface area contributed by atoms with E-state index < -0.39 is 28.6 Å². The Morgan fingerprint density at radius 2 is 1.44 bits per heavy atom. The second kappa shape index (κ2) is 15.3. The van der Waals surface area contributed by atoms with Crippen LogP contribution in [0.1, 0.15) is 46.5 Å². The summed E-state index contributed by atoms with van der Waals surface area (Å²) in [7, 11) is 0. The Hall–Kier alpha value is 0.273. The molecule has 0 fully saturated rings. The summed E-state index contributed by atoms with van der Waals surface area (Å²) in [4.78, 5) is 9.00. The van der Waals surface area contributed by atoms with Gasteiger partial charge in [0.1, 0.15) is 0 Å². The molecule has 0 spiro atoms. The van der Waals surface area contributed by atoms with Crippen molar-refractivity contribution in [3.8, 4) is 0 Å². The van der Waals surface area contributed by atoms with Gasteiger partial charge in [-0.15, -0.1) is 0 Å². The van der Waals surface area contributed by atoms with Gasteiger partial charge in [0.25, 0.3) is 5.97 Å². The standard InChI is InChI=1S/2C4H9O.C2H4O2.CH3.Zr/c2*1-2-3-4-5;1-2(3)4;;/h2*2-4H2,1H3;1H3,(H,3,4);1H3;/q2*-1;;;+2. The number of carboxylic acids is 1. The molecule has 0 aliphatic carbocycles. The Morgan fingerprint density at radius 3 is 1.69 bits per heavy atom. The van der Waals surface area contributed by atoms with Gasteiger partial charge >= 0.3 is 85.6 Å². The summed E-state index contributed by atoms with van der Waals surface area (Å²) in [6.45, 7) is 7.27. The van der Waals surface area contributed by atoms with E-state index in [2.05, 4.69) is 18.5 Å². The van der Waals surface area contributed by atoms with E-state index in [4.69, 9.17) is 15.5 Å². The van der Waals surface area contributed by atoms with Gasteiger partial charge in [0, 0.05) is 6.92 Å². The van der Waals surface area contributed by atoms with Crippen molar-refractivity contribution in [3.05, 3.63) is 0 Å². The van der Waals surface area contributed by atoms with E-state index in [1.54, 1.807) is 0 Å². The first kappa shape index (κ1) is 18.6. The monoisotopic (exact) mass is 311 g/mol. The van der Waals surface area contributed by atoms with Crippen LogP contribution >= 0.6 is 0 Å². The predicted octanol–water partition coefficient (Wildman–Crippen LogP) is 3.21. The predicted molar refractivity (Wildman–Crippen MR) is 60.9 cm³/mol. The molecule has 0 saturated heterocycles. The van der Waals surface area contributed by atoms with Gasteiger partial charge in [-0.3, -0.25) is 4.79 Å². The summed E-state index contributed by atoms with van der Waals surface area (Å²) in [5.41, 5.74) is 0. The van der Waals surface area contributed by atoms with Gasteiger partial charge in [-0.1, -0.05) is 0 Å². The molecule has 16 heavy (non-hydrogen) atoms. The van der Waals surface area contributed by atoms with Crippen molar-refractivity contribution in [2.75, 3.05) is 13.2 Å². The molecule has 0 aromatic heterocycles. The van der Waals surface area contributed by atoms with Crippen LogP contribution in [0.15, 0.2) is 0 Å². The average Bonchev–Trinajstić information content (AvgIpc) is 2.18. The van der Waals surface area contributed by atoms with E-state index >= 15 is 0 Å². The molecule has 0 unspecified atom stereocenters. The van der Waals surface area contributed by atoms with Crippen molar-refractivity contribution in [3.63, 3.8) is 0 Å². The molecule has 0 aliphatic heterocycles. The van der Waals surface area contributed by atoms with E-state index in [0.29, 0.717) is 0 Å². The van der Waals surface area contributed by atoms with Gasteiger partial charge in [0.05, 0.1) is 0 Å². The molecular weight excluding hydrogens is 287 g/mol. The molecule has 0 bridgehead atoms. The Labute approximate surface area is 108 Å². The van der Waals surface area contributed by atoms with Crippen molar-refractivity contribution >= 4 is 5.97 Å². The molecule has 97 valence electrons. The summed E-state index contributed by atoms with van der Waals surface area (Å²) < 4.78 is 13.4. The Kier molecular flexibility index (Phi) is 17.8. The van der Waals surface area contributed by atoms with Crippen molar-refractivity contribution in [1.29, 1.82) is 0 Å². The summed E-state index contributed by atoms with van der Waals surface area (Å²) >= 11 is -1.78. The van der Waals surface area contributed by atoms with E-state index in [9.17, 15) is 0 Å². The van der Waals surface area contributed by atoms with E-state index in [1.807, 2.05) is 0 Å². The Morgan fingerprint density at radius 1 is 1.12 bits per heavy atom. The third kappa shape index (κ3) is 23.8. The van der Waals surface area contributed by atoms with Crippen LogP contribution < -0.4 is 0 Å². The maximum atomic E-state index is 9.00. The topological polar surface area (TPSA) is 55.8 Å². The molecule has 0 heterocycles. The number of unbranched alkanes of at least 4 members (excludes halogenated alkanes) is 2. The van der Waals surface area contributed by atoms with Gasteiger partial charge in [-0.25, -0.2) is 0 Å². The molecule has 1 N–H and O–H groups in total. The van der Waals surface area contributed by atoms with Crippen LogP contribution in [0.5, 0.6) is 0 Å². The van der Waals surface area contributed by atoms with Crippen LogP contribution in [-0.2, 0) is 33.1 Å². The molecule has 0 aliphatic rings. The fourth-order valence-electron chi connectivity index (χ4n) is 0.762. The molecule has 0 atom stereocenters. The van der Waals surface area contributed by atoms with Crippen molar-refractivity contribution in [2.24, 2.45) is 0 Å². The molecule has 0 amide bonds. The van der Waals surface area contributed by atoms with Crippen LogP contribution in [0.4, 0.5) is 0 Å². The van der Waals surface area contributed by atoms with Gasteiger partial charge in [-0.2, -0.15) is 0 Å². The molecule has 4 nitrogen and oxygen atoms in total. The summed E-state index contributed by atoms with van der Waals surface area (Å²) in [5, 5.41) is 7.42. The first-order chi connectivity index (χ1) is 7.54. The van der Waals surface area contributed by atoms with Crippen molar-refractivity contribution in [1.82, 2.24) is 0 Å². The number of rotatable bonds is 8. The number of hydrogen-bond donors (Lipinski definition) is 1. The summed E-state index contributed by atoms with van der Waals surface area (Å²) in [6.07, 6.45) is 4.78. The molecular formula is C11H25O4Zr. The molecule has 0 radical (unpaired) electrons. The quantitative estimate of drug-likeness (QED) is 0.699. The number of hydrogen-bond acceptors (Lipinski definition) is 3. The molecule has 0 saturated carbocycles. The second-order valence-electron chi connectivity index (χ2n) is 3.41. The van der Waals surface area contributed by atoms with E-state index in [1.165, 1.54) is 25.7 Å². The normalized spacial score (nSPS) is 9.25. The third-order valence-electron chi connectivity index (χ3n) is 1.61. The van der Waals surface area contributed by atoms with Crippen LogP contribution in [0, 0.1) is 0 Å². The molecule has 5 heteroatoms. The minimum atomic E-state index is -1.78. The van der Waals surface area contributed by atoms with Gasteiger partial charge in [-0.05, 0) is 0 Å². The maximum absolute atomic E-state index is 9.00. The molecule has 0 aromatic rings. The zero-order valence-electron chi connectivity index (χ0n) is 10.9. The van der Waals surface area contributed by atoms with Crippen LogP contribution in [0.2, 0.25) is 4.63 Å². The zero-order valence-corrected chi connectivity index (χ0v) is 13.4. The SMILES string of the molecule is CC(=O)O.CCCC[O][Zr]([CH3])[O]CCCC. The Balaban J connectivity index is 0. The zero-order chi connectivity index (χ0) is 12.8. The Bertz CT molecular complexity index is 139. The molecule has 0 rings (SSSR count). The first-order valence-corrected chi connectivity index (χ1v) is 10.3. The number of aliphatic carboxylic acids is 1. The fourth-order valence-corrected chi connectivity index (χ4v) is 3.09. The summed E-state index contributed by atoms with van der Waals surface area (Å²) in [5.74, 6) is -0.833. The van der Waals surface area contributed by atoms with Crippen LogP contribution in [0.25, 0.3) is 0 Å². The van der Waals surface area contributed by atoms with Crippen LogP contribution in [0.3, 0.4) is 0 Å².